The second kappa shape index (κ2) is 11.7. The number of nitrogens with one attached hydrogen (secondary N) is 1. The van der Waals surface area contributed by atoms with Gasteiger partial charge in [-0.25, -0.2) is 4.79 Å². The molecule has 1 aliphatic heterocycles. The topological polar surface area (TPSA) is 102 Å². The number of anilines is 1. The lowest BCUT2D eigenvalue weighted by atomic mass is 10.2. The van der Waals surface area contributed by atoms with Crippen LogP contribution < -0.4 is 10.1 Å². The van der Waals surface area contributed by atoms with Crippen molar-refractivity contribution in [3.05, 3.63) is 63.5 Å². The highest BCUT2D eigenvalue weighted by Crippen LogP contribution is 2.34. The van der Waals surface area contributed by atoms with E-state index >= 15 is 0 Å². The molecule has 0 spiro atoms. The molecule has 0 radical (unpaired) electrons. The predicted molar refractivity (Wildman–Crippen MR) is 131 cm³/mol. The number of benzene rings is 2. The number of esters is 1. The number of carbonyl (C=O) groups excluding carboxylic acids is 4. The molecule has 178 valence electrons. The fourth-order valence-electron chi connectivity index (χ4n) is 3.04. The van der Waals surface area contributed by atoms with Gasteiger partial charge in [-0.05, 0) is 55.4 Å². The molecule has 10 heteroatoms. The Hall–Kier alpha value is -3.30. The van der Waals surface area contributed by atoms with E-state index in [1.165, 1.54) is 18.2 Å². The molecule has 0 bridgehead atoms. The van der Waals surface area contributed by atoms with Crippen molar-refractivity contribution in [3.63, 3.8) is 0 Å². The van der Waals surface area contributed by atoms with Gasteiger partial charge in [-0.2, -0.15) is 0 Å². The number of hydrogen-bond acceptors (Lipinski definition) is 7. The zero-order valence-electron chi connectivity index (χ0n) is 18.6. The smallest absolute Gasteiger partial charge is 0.339 e. The van der Waals surface area contributed by atoms with Crippen LogP contribution in [-0.4, -0.2) is 47.7 Å². The number of carbonyl (C=O) groups is 4. The van der Waals surface area contributed by atoms with Gasteiger partial charge < -0.3 is 14.8 Å². The average Bonchev–Trinajstić information content (AvgIpc) is 3.07. The van der Waals surface area contributed by atoms with Crippen molar-refractivity contribution in [2.24, 2.45) is 0 Å². The SMILES string of the molecule is CCCOC(=O)c1cc(NC(=O)CN2C(=O)S/C(=C/c3ccccc3OCC)C2=O)ccc1Cl. The standard InChI is InChI=1S/C24H23ClN2O6S/c1-3-11-33-23(30)17-13-16(9-10-18(17)25)26-21(28)14-27-22(29)20(34-24(27)31)12-15-7-5-6-8-19(15)32-4-2/h5-10,12-13H,3-4,11,14H2,1-2H3,(H,26,28)/b20-12+. The number of hydrogen-bond donors (Lipinski definition) is 1. The number of nitrogens with zero attached hydrogens (tertiary/aromatic N) is 1. The number of para-hydroxylation sites is 1. The summed E-state index contributed by atoms with van der Waals surface area (Å²) in [4.78, 5) is 50.9. The molecular weight excluding hydrogens is 480 g/mol. The molecule has 0 saturated carbocycles. The summed E-state index contributed by atoms with van der Waals surface area (Å²) in [5.41, 5.74) is 1.05. The van der Waals surface area contributed by atoms with E-state index < -0.39 is 29.6 Å². The van der Waals surface area contributed by atoms with Crippen molar-refractivity contribution in [2.45, 2.75) is 20.3 Å². The minimum atomic E-state index is -0.605. The molecule has 0 unspecified atom stereocenters. The lowest BCUT2D eigenvalue weighted by Gasteiger charge is -2.13. The zero-order chi connectivity index (χ0) is 24.7. The number of halogens is 1. The second-order valence-electron chi connectivity index (χ2n) is 7.12. The van der Waals surface area contributed by atoms with Crippen molar-refractivity contribution >= 4 is 58.1 Å². The Morgan fingerprint density at radius 2 is 1.91 bits per heavy atom. The van der Waals surface area contributed by atoms with Crippen LogP contribution in [0.2, 0.25) is 5.02 Å². The lowest BCUT2D eigenvalue weighted by Crippen LogP contribution is -2.36. The van der Waals surface area contributed by atoms with Crippen LogP contribution in [0.25, 0.3) is 6.08 Å². The Morgan fingerprint density at radius 3 is 2.65 bits per heavy atom. The van der Waals surface area contributed by atoms with Crippen molar-refractivity contribution < 1.29 is 28.7 Å². The van der Waals surface area contributed by atoms with E-state index in [1.54, 1.807) is 24.3 Å². The molecule has 3 rings (SSSR count). The van der Waals surface area contributed by atoms with Crippen molar-refractivity contribution in [1.82, 2.24) is 4.90 Å². The maximum atomic E-state index is 12.8. The van der Waals surface area contributed by atoms with E-state index in [4.69, 9.17) is 21.1 Å². The second-order valence-corrected chi connectivity index (χ2v) is 8.52. The quantitative estimate of drug-likeness (QED) is 0.381. The molecular formula is C24H23ClN2O6S. The first kappa shape index (κ1) is 25.3. The van der Waals surface area contributed by atoms with E-state index in [-0.39, 0.29) is 27.8 Å². The Labute approximate surface area is 206 Å². The van der Waals surface area contributed by atoms with E-state index in [0.717, 1.165) is 16.7 Å². The number of ether oxygens (including phenoxy) is 2. The van der Waals surface area contributed by atoms with E-state index in [0.29, 0.717) is 24.3 Å². The number of imide groups is 1. The summed E-state index contributed by atoms with van der Waals surface area (Å²) in [5.74, 6) is -1.19. The molecule has 1 N–H and O–H groups in total. The molecule has 0 aromatic heterocycles. The minimum Gasteiger partial charge on any atom is -0.493 e. The largest absolute Gasteiger partial charge is 0.493 e. The number of rotatable bonds is 9. The molecule has 0 atom stereocenters. The van der Waals surface area contributed by atoms with Crippen LogP contribution in [0, 0.1) is 0 Å². The molecule has 2 aromatic carbocycles. The fraction of sp³-hybridized carbons (Fsp3) is 0.250. The molecule has 1 aliphatic rings. The highest BCUT2D eigenvalue weighted by molar-refractivity contribution is 8.18. The third-order valence-corrected chi connectivity index (χ3v) is 5.83. The Balaban J connectivity index is 1.70. The van der Waals surface area contributed by atoms with Gasteiger partial charge >= 0.3 is 5.97 Å². The first-order valence-electron chi connectivity index (χ1n) is 10.6. The number of thioether (sulfide) groups is 1. The minimum absolute atomic E-state index is 0.106. The summed E-state index contributed by atoms with van der Waals surface area (Å²) in [7, 11) is 0. The monoisotopic (exact) mass is 502 g/mol. The predicted octanol–water partition coefficient (Wildman–Crippen LogP) is 4.98. The Bertz CT molecular complexity index is 1150. The van der Waals surface area contributed by atoms with Crippen LogP contribution in [0.5, 0.6) is 5.75 Å². The van der Waals surface area contributed by atoms with Gasteiger partial charge in [0.25, 0.3) is 11.1 Å². The maximum absolute atomic E-state index is 12.8. The molecule has 1 heterocycles. The third-order valence-electron chi connectivity index (χ3n) is 4.59. The van der Waals surface area contributed by atoms with E-state index in [9.17, 15) is 19.2 Å². The first-order valence-corrected chi connectivity index (χ1v) is 11.8. The van der Waals surface area contributed by atoms with Crippen LogP contribution in [0.3, 0.4) is 0 Å². The number of amides is 3. The highest BCUT2D eigenvalue weighted by atomic mass is 35.5. The molecule has 8 nitrogen and oxygen atoms in total. The summed E-state index contributed by atoms with van der Waals surface area (Å²) in [6.45, 7) is 3.93. The third kappa shape index (κ3) is 6.18. The molecule has 1 fully saturated rings. The van der Waals surface area contributed by atoms with Crippen LogP contribution in [-0.2, 0) is 14.3 Å². The van der Waals surface area contributed by atoms with Gasteiger partial charge in [0.2, 0.25) is 5.91 Å². The molecule has 3 amide bonds. The van der Waals surface area contributed by atoms with Gasteiger partial charge in [0.15, 0.2) is 0 Å². The first-order chi connectivity index (χ1) is 16.3. The van der Waals surface area contributed by atoms with Crippen molar-refractivity contribution in [3.8, 4) is 5.75 Å². The Morgan fingerprint density at radius 1 is 1.15 bits per heavy atom. The van der Waals surface area contributed by atoms with E-state index in [1.807, 2.05) is 19.9 Å². The summed E-state index contributed by atoms with van der Waals surface area (Å²) in [6.07, 6.45) is 2.23. The fourth-order valence-corrected chi connectivity index (χ4v) is 4.06. The van der Waals surface area contributed by atoms with Crippen LogP contribution in [0.1, 0.15) is 36.2 Å². The molecule has 1 saturated heterocycles. The normalized spacial score (nSPS) is 14.4. The van der Waals surface area contributed by atoms with Gasteiger partial charge in [-0.1, -0.05) is 36.7 Å². The molecule has 2 aromatic rings. The summed E-state index contributed by atoms with van der Waals surface area (Å²) >= 11 is 6.82. The summed E-state index contributed by atoms with van der Waals surface area (Å²) < 4.78 is 10.6. The van der Waals surface area contributed by atoms with Gasteiger partial charge in [0.1, 0.15) is 12.3 Å². The van der Waals surface area contributed by atoms with Gasteiger partial charge in [0, 0.05) is 11.3 Å². The van der Waals surface area contributed by atoms with Crippen molar-refractivity contribution in [2.75, 3.05) is 25.1 Å². The Kier molecular flexibility index (Phi) is 8.72. The molecule has 0 aliphatic carbocycles. The van der Waals surface area contributed by atoms with Crippen LogP contribution in [0.15, 0.2) is 47.4 Å². The maximum Gasteiger partial charge on any atom is 0.339 e. The summed E-state index contributed by atoms with van der Waals surface area (Å²) in [5, 5.41) is 2.21. The van der Waals surface area contributed by atoms with Gasteiger partial charge in [0.05, 0.1) is 28.7 Å². The average molecular weight is 503 g/mol. The van der Waals surface area contributed by atoms with Gasteiger partial charge in [-0.3, -0.25) is 19.3 Å². The highest BCUT2D eigenvalue weighted by Gasteiger charge is 2.36. The zero-order valence-corrected chi connectivity index (χ0v) is 20.2. The van der Waals surface area contributed by atoms with Gasteiger partial charge in [-0.15, -0.1) is 0 Å². The molecule has 34 heavy (non-hydrogen) atoms. The summed E-state index contributed by atoms with van der Waals surface area (Å²) in [6, 6.07) is 11.5. The van der Waals surface area contributed by atoms with Crippen molar-refractivity contribution in [1.29, 1.82) is 0 Å². The lowest BCUT2D eigenvalue weighted by molar-refractivity contribution is -0.127. The van der Waals surface area contributed by atoms with Crippen LogP contribution >= 0.6 is 23.4 Å². The van der Waals surface area contributed by atoms with Crippen LogP contribution in [0.4, 0.5) is 10.5 Å². The van der Waals surface area contributed by atoms with E-state index in [2.05, 4.69) is 5.32 Å².